The molecule has 0 saturated carbocycles. The van der Waals surface area contributed by atoms with Gasteiger partial charge in [0.2, 0.25) is 0 Å². The normalized spacial score (nSPS) is 12.2. The van der Waals surface area contributed by atoms with Gasteiger partial charge in [-0.15, -0.1) is 12.6 Å². The predicted molar refractivity (Wildman–Crippen MR) is 72.0 cm³/mol. The monoisotopic (exact) mass is 259 g/mol. The molecule has 0 aliphatic carbocycles. The summed E-state index contributed by atoms with van der Waals surface area (Å²) in [6.07, 6.45) is 3.89. The second-order valence-electron chi connectivity index (χ2n) is 4.87. The molecular formula is C11H19N2OS2+. The molecule has 0 aliphatic rings. The molecule has 0 atom stereocenters. The average molecular weight is 259 g/mol. The van der Waals surface area contributed by atoms with Gasteiger partial charge in [-0.3, -0.25) is 0 Å². The van der Waals surface area contributed by atoms with Crippen LogP contribution in [0.3, 0.4) is 0 Å². The summed E-state index contributed by atoms with van der Waals surface area (Å²) in [5.41, 5.74) is -0.763. The number of hydrogen-bond donors (Lipinski definition) is 2. The van der Waals surface area contributed by atoms with E-state index in [0.717, 1.165) is 5.82 Å². The van der Waals surface area contributed by atoms with E-state index in [2.05, 4.69) is 31.0 Å². The van der Waals surface area contributed by atoms with Gasteiger partial charge in [0.25, 0.3) is 0 Å². The molecule has 16 heavy (non-hydrogen) atoms. The fourth-order valence-electron chi connectivity index (χ4n) is 1.64. The second-order valence-corrected chi connectivity index (χ2v) is 6.03. The number of thiocarbonyl (C=S) groups is 1. The van der Waals surface area contributed by atoms with Crippen LogP contribution in [0.2, 0.25) is 0 Å². The Kier molecular flexibility index (Phi) is 4.15. The van der Waals surface area contributed by atoms with Gasteiger partial charge in [0, 0.05) is 0 Å². The first-order chi connectivity index (χ1) is 7.22. The zero-order chi connectivity index (χ0) is 12.5. The molecule has 0 aromatic carbocycles. The number of thiol groups is 1. The first-order valence-corrected chi connectivity index (χ1v) is 6.14. The molecule has 1 N–H and O–H groups in total. The summed E-state index contributed by atoms with van der Waals surface area (Å²) in [6, 6.07) is 0.322. The molecule has 0 saturated heterocycles. The Hall–Kier alpha value is -0.390. The molecule has 0 bridgehead atoms. The Morgan fingerprint density at radius 2 is 2.19 bits per heavy atom. The molecule has 0 spiro atoms. The summed E-state index contributed by atoms with van der Waals surface area (Å²) in [7, 11) is 0. The lowest BCUT2D eigenvalue weighted by Crippen LogP contribution is -2.47. The van der Waals surface area contributed by atoms with Gasteiger partial charge in [-0.2, -0.15) is 0 Å². The minimum atomic E-state index is -0.763. The minimum absolute atomic E-state index is 0.322. The van der Waals surface area contributed by atoms with Gasteiger partial charge in [-0.05, 0) is 27.7 Å². The van der Waals surface area contributed by atoms with Crippen molar-refractivity contribution in [3.05, 3.63) is 18.2 Å². The lowest BCUT2D eigenvalue weighted by atomic mass is 10.1. The van der Waals surface area contributed by atoms with E-state index in [1.54, 1.807) is 13.8 Å². The van der Waals surface area contributed by atoms with Crippen molar-refractivity contribution in [1.82, 2.24) is 4.57 Å². The van der Waals surface area contributed by atoms with Gasteiger partial charge in [0.15, 0.2) is 4.20 Å². The van der Waals surface area contributed by atoms with Crippen LogP contribution in [0.25, 0.3) is 0 Å². The molecule has 5 heteroatoms. The van der Waals surface area contributed by atoms with Crippen molar-refractivity contribution in [1.29, 1.82) is 0 Å². The van der Waals surface area contributed by atoms with Crippen LogP contribution in [-0.2, 0) is 6.54 Å². The van der Waals surface area contributed by atoms with Crippen molar-refractivity contribution in [3.63, 3.8) is 0 Å². The summed E-state index contributed by atoms with van der Waals surface area (Å²) < 4.78 is 4.54. The number of nitrogens with zero attached hydrogens (tertiary/aromatic N) is 2. The Bertz CT molecular complexity index is 391. The number of aliphatic hydroxyl groups is 1. The Balaban J connectivity index is 3.16. The van der Waals surface area contributed by atoms with Crippen molar-refractivity contribution in [2.24, 2.45) is 0 Å². The fraction of sp³-hybridized carbons (Fsp3) is 0.636. The van der Waals surface area contributed by atoms with Crippen LogP contribution in [0.4, 0.5) is 0 Å². The van der Waals surface area contributed by atoms with Crippen LogP contribution >= 0.6 is 24.8 Å². The van der Waals surface area contributed by atoms with Crippen LogP contribution in [0.5, 0.6) is 0 Å². The standard InChI is InChI=1S/C11H18N2OS2/c1-8(2)13-6-5-12(7-11(3,4)14)9(13)10(15)16/h5-6,8,14H,7H2,1-4H3/p+1. The molecule has 0 aliphatic heterocycles. The molecule has 1 aromatic heterocycles. The van der Waals surface area contributed by atoms with E-state index in [9.17, 15) is 5.11 Å². The Labute approximate surface area is 108 Å². The molecular weight excluding hydrogens is 240 g/mol. The summed E-state index contributed by atoms with van der Waals surface area (Å²) in [6.45, 7) is 8.23. The summed E-state index contributed by atoms with van der Waals surface area (Å²) in [5.74, 6) is 0.871. The molecule has 0 radical (unpaired) electrons. The molecule has 1 rings (SSSR count). The quantitative estimate of drug-likeness (QED) is 0.490. The summed E-state index contributed by atoms with van der Waals surface area (Å²) >= 11 is 9.39. The molecule has 1 heterocycles. The number of rotatable bonds is 4. The first kappa shape index (κ1) is 13.7. The first-order valence-electron chi connectivity index (χ1n) is 5.28. The highest BCUT2D eigenvalue weighted by Gasteiger charge is 2.26. The maximum atomic E-state index is 9.83. The van der Waals surface area contributed by atoms with Crippen LogP contribution in [0.15, 0.2) is 12.4 Å². The third-order valence-corrected chi connectivity index (χ3v) is 2.61. The molecule has 90 valence electrons. The van der Waals surface area contributed by atoms with Gasteiger partial charge in [0.1, 0.15) is 18.9 Å². The van der Waals surface area contributed by atoms with Crippen LogP contribution in [0.1, 0.15) is 39.6 Å². The summed E-state index contributed by atoms with van der Waals surface area (Å²) in [5, 5.41) is 9.83. The maximum Gasteiger partial charge on any atom is 0.306 e. The van der Waals surface area contributed by atoms with E-state index < -0.39 is 5.60 Å². The van der Waals surface area contributed by atoms with Crippen molar-refractivity contribution in [2.45, 2.75) is 45.9 Å². The Morgan fingerprint density at radius 3 is 2.56 bits per heavy atom. The highest BCUT2D eigenvalue weighted by atomic mass is 32.1. The van der Waals surface area contributed by atoms with Gasteiger partial charge in [0.05, 0.1) is 11.6 Å². The number of hydrogen-bond acceptors (Lipinski definition) is 2. The molecule has 1 aromatic rings. The predicted octanol–water partition coefficient (Wildman–Crippen LogP) is 1.73. The smallest absolute Gasteiger partial charge is 0.306 e. The number of aromatic nitrogens is 2. The highest BCUT2D eigenvalue weighted by molar-refractivity contribution is 8.11. The SMILES string of the molecule is CC(C)n1cc[n+](CC(C)(C)O)c1C(=S)S. The molecule has 0 fully saturated rings. The lowest BCUT2D eigenvalue weighted by Gasteiger charge is -2.15. The van der Waals surface area contributed by atoms with Gasteiger partial charge < -0.3 is 5.11 Å². The summed E-state index contributed by atoms with van der Waals surface area (Å²) in [4.78, 5) is 0. The van der Waals surface area contributed by atoms with Crippen molar-refractivity contribution >= 4 is 29.0 Å². The largest absolute Gasteiger partial charge is 0.386 e. The van der Waals surface area contributed by atoms with E-state index in [1.807, 2.05) is 17.0 Å². The molecule has 0 amide bonds. The van der Waals surface area contributed by atoms with Gasteiger partial charge in [-0.1, -0.05) is 12.2 Å². The van der Waals surface area contributed by atoms with E-state index in [4.69, 9.17) is 12.2 Å². The highest BCUT2D eigenvalue weighted by Crippen LogP contribution is 2.11. The van der Waals surface area contributed by atoms with Crippen molar-refractivity contribution in [3.8, 4) is 0 Å². The van der Waals surface area contributed by atoms with Crippen LogP contribution < -0.4 is 4.57 Å². The zero-order valence-corrected chi connectivity index (χ0v) is 11.8. The lowest BCUT2D eigenvalue weighted by molar-refractivity contribution is -0.709. The topological polar surface area (TPSA) is 29.0 Å². The van der Waals surface area contributed by atoms with Gasteiger partial charge in [-0.25, -0.2) is 9.13 Å². The second kappa shape index (κ2) is 4.85. The van der Waals surface area contributed by atoms with E-state index in [-0.39, 0.29) is 0 Å². The van der Waals surface area contributed by atoms with Crippen molar-refractivity contribution in [2.75, 3.05) is 0 Å². The van der Waals surface area contributed by atoms with Crippen LogP contribution in [-0.4, -0.2) is 19.5 Å². The molecule has 3 nitrogen and oxygen atoms in total. The van der Waals surface area contributed by atoms with E-state index >= 15 is 0 Å². The third kappa shape index (κ3) is 3.30. The minimum Gasteiger partial charge on any atom is -0.386 e. The van der Waals surface area contributed by atoms with Gasteiger partial charge >= 0.3 is 5.82 Å². The maximum absolute atomic E-state index is 9.83. The van der Waals surface area contributed by atoms with Crippen molar-refractivity contribution < 1.29 is 9.67 Å². The third-order valence-electron chi connectivity index (χ3n) is 2.23. The Morgan fingerprint density at radius 1 is 1.62 bits per heavy atom. The van der Waals surface area contributed by atoms with Crippen LogP contribution in [0, 0.1) is 0 Å². The van der Waals surface area contributed by atoms with E-state index in [1.165, 1.54) is 0 Å². The number of imidazole rings is 1. The fourth-order valence-corrected chi connectivity index (χ4v) is 2.10. The molecule has 0 unspecified atom stereocenters. The zero-order valence-electron chi connectivity index (χ0n) is 10.1. The average Bonchev–Trinajstić information content (AvgIpc) is 2.44. The van der Waals surface area contributed by atoms with E-state index in [0.29, 0.717) is 16.8 Å².